The van der Waals surface area contributed by atoms with Gasteiger partial charge in [0.1, 0.15) is 5.75 Å². The number of carboxylic acid groups (broad SMARTS) is 1. The SMILES string of the molecule is Cc1ccccc1OCCC(=O)N(C)CCCC(=O)O. The zero-order valence-corrected chi connectivity index (χ0v) is 12.0. The van der Waals surface area contributed by atoms with Gasteiger partial charge in [-0.05, 0) is 25.0 Å². The third-order valence-electron chi connectivity index (χ3n) is 2.98. The molecule has 5 nitrogen and oxygen atoms in total. The molecule has 1 N–H and O–H groups in total. The molecule has 0 aliphatic heterocycles. The molecule has 1 aromatic rings. The average Bonchev–Trinajstić information content (AvgIpc) is 2.40. The predicted molar refractivity (Wildman–Crippen MR) is 75.8 cm³/mol. The maximum Gasteiger partial charge on any atom is 0.303 e. The fourth-order valence-electron chi connectivity index (χ4n) is 1.75. The summed E-state index contributed by atoms with van der Waals surface area (Å²) in [5.74, 6) is -0.0912. The molecule has 110 valence electrons. The number of hydrogen-bond acceptors (Lipinski definition) is 3. The largest absolute Gasteiger partial charge is 0.493 e. The van der Waals surface area contributed by atoms with Gasteiger partial charge in [0.2, 0.25) is 5.91 Å². The molecule has 1 rings (SSSR count). The van der Waals surface area contributed by atoms with E-state index in [9.17, 15) is 9.59 Å². The van der Waals surface area contributed by atoms with E-state index in [0.717, 1.165) is 11.3 Å². The lowest BCUT2D eigenvalue weighted by Crippen LogP contribution is -2.29. The van der Waals surface area contributed by atoms with E-state index >= 15 is 0 Å². The van der Waals surface area contributed by atoms with Crippen molar-refractivity contribution in [2.75, 3.05) is 20.2 Å². The lowest BCUT2D eigenvalue weighted by molar-refractivity contribution is -0.138. The summed E-state index contributed by atoms with van der Waals surface area (Å²) in [7, 11) is 1.68. The third kappa shape index (κ3) is 5.73. The van der Waals surface area contributed by atoms with Gasteiger partial charge in [-0.1, -0.05) is 18.2 Å². The molecule has 0 saturated carbocycles. The third-order valence-corrected chi connectivity index (χ3v) is 2.98. The number of para-hydroxylation sites is 1. The van der Waals surface area contributed by atoms with Gasteiger partial charge in [-0.25, -0.2) is 0 Å². The quantitative estimate of drug-likeness (QED) is 0.791. The van der Waals surface area contributed by atoms with Crippen molar-refractivity contribution in [2.45, 2.75) is 26.2 Å². The van der Waals surface area contributed by atoms with Gasteiger partial charge in [0.05, 0.1) is 13.0 Å². The zero-order chi connectivity index (χ0) is 15.0. The molecule has 0 fully saturated rings. The highest BCUT2D eigenvalue weighted by Gasteiger charge is 2.09. The number of benzene rings is 1. The molecular weight excluding hydrogens is 258 g/mol. The van der Waals surface area contributed by atoms with Crippen LogP contribution in [0.1, 0.15) is 24.8 Å². The number of rotatable bonds is 8. The van der Waals surface area contributed by atoms with Crippen molar-refractivity contribution in [2.24, 2.45) is 0 Å². The lowest BCUT2D eigenvalue weighted by atomic mass is 10.2. The molecule has 0 radical (unpaired) electrons. The number of carbonyl (C=O) groups is 2. The van der Waals surface area contributed by atoms with Crippen molar-refractivity contribution in [3.63, 3.8) is 0 Å². The van der Waals surface area contributed by atoms with Gasteiger partial charge < -0.3 is 14.7 Å². The van der Waals surface area contributed by atoms with Crippen molar-refractivity contribution in [1.29, 1.82) is 0 Å². The van der Waals surface area contributed by atoms with Crippen LogP contribution in [0.25, 0.3) is 0 Å². The number of aryl methyl sites for hydroxylation is 1. The summed E-state index contributed by atoms with van der Waals surface area (Å²) in [6.07, 6.45) is 0.839. The Kier molecular flexibility index (Phi) is 6.56. The van der Waals surface area contributed by atoms with Crippen molar-refractivity contribution in [3.05, 3.63) is 29.8 Å². The van der Waals surface area contributed by atoms with Crippen LogP contribution in [0.15, 0.2) is 24.3 Å². The lowest BCUT2D eigenvalue weighted by Gasteiger charge is -2.17. The molecule has 5 heteroatoms. The van der Waals surface area contributed by atoms with E-state index in [1.165, 1.54) is 0 Å². The van der Waals surface area contributed by atoms with Gasteiger partial charge in [0, 0.05) is 20.0 Å². The molecule has 0 spiro atoms. The molecule has 0 atom stereocenters. The second-order valence-electron chi connectivity index (χ2n) is 4.68. The monoisotopic (exact) mass is 279 g/mol. The summed E-state index contributed by atoms with van der Waals surface area (Å²) < 4.78 is 5.56. The van der Waals surface area contributed by atoms with Crippen LogP contribution in [0, 0.1) is 6.92 Å². The fourth-order valence-corrected chi connectivity index (χ4v) is 1.75. The number of aliphatic carboxylic acids is 1. The Morgan fingerprint density at radius 3 is 2.60 bits per heavy atom. The fraction of sp³-hybridized carbons (Fsp3) is 0.467. The highest BCUT2D eigenvalue weighted by Crippen LogP contribution is 2.16. The number of carbonyl (C=O) groups excluding carboxylic acids is 1. The van der Waals surface area contributed by atoms with Crippen LogP contribution in [0.2, 0.25) is 0 Å². The smallest absolute Gasteiger partial charge is 0.303 e. The molecule has 0 aromatic heterocycles. The highest BCUT2D eigenvalue weighted by atomic mass is 16.5. The first-order valence-corrected chi connectivity index (χ1v) is 6.65. The van der Waals surface area contributed by atoms with Crippen LogP contribution in [-0.4, -0.2) is 42.1 Å². The second kappa shape index (κ2) is 8.19. The predicted octanol–water partition coefficient (Wildman–Crippen LogP) is 2.09. The van der Waals surface area contributed by atoms with E-state index in [-0.39, 0.29) is 18.7 Å². The molecule has 0 aliphatic rings. The normalized spacial score (nSPS) is 10.1. The van der Waals surface area contributed by atoms with Crippen molar-refractivity contribution in [3.8, 4) is 5.75 Å². The Balaban J connectivity index is 2.25. The van der Waals surface area contributed by atoms with Crippen LogP contribution in [0.3, 0.4) is 0 Å². The van der Waals surface area contributed by atoms with Gasteiger partial charge in [-0.15, -0.1) is 0 Å². The highest BCUT2D eigenvalue weighted by molar-refractivity contribution is 5.76. The van der Waals surface area contributed by atoms with E-state index in [1.807, 2.05) is 31.2 Å². The standard InChI is InChI=1S/C15H21NO4/c1-12-6-3-4-7-13(12)20-11-9-14(17)16(2)10-5-8-15(18)19/h3-4,6-7H,5,8-11H2,1-2H3,(H,18,19). The number of ether oxygens (including phenoxy) is 1. The molecular formula is C15H21NO4. The Morgan fingerprint density at radius 1 is 1.25 bits per heavy atom. The van der Waals surface area contributed by atoms with Gasteiger partial charge in [-0.3, -0.25) is 9.59 Å². The minimum absolute atomic E-state index is 0.0380. The Morgan fingerprint density at radius 2 is 1.95 bits per heavy atom. The van der Waals surface area contributed by atoms with Crippen LogP contribution in [-0.2, 0) is 9.59 Å². The molecule has 20 heavy (non-hydrogen) atoms. The van der Waals surface area contributed by atoms with Gasteiger partial charge in [-0.2, -0.15) is 0 Å². The van der Waals surface area contributed by atoms with E-state index in [4.69, 9.17) is 9.84 Å². The Hall–Kier alpha value is -2.04. The minimum atomic E-state index is -0.839. The summed E-state index contributed by atoms with van der Waals surface area (Å²) in [6, 6.07) is 7.65. The van der Waals surface area contributed by atoms with Gasteiger partial charge >= 0.3 is 5.97 Å². The molecule has 1 aromatic carbocycles. The van der Waals surface area contributed by atoms with Gasteiger partial charge in [0.25, 0.3) is 0 Å². The summed E-state index contributed by atoms with van der Waals surface area (Å²) in [6.45, 7) is 2.73. The average molecular weight is 279 g/mol. The van der Waals surface area contributed by atoms with E-state index < -0.39 is 5.97 Å². The Bertz CT molecular complexity index is 459. The first-order chi connectivity index (χ1) is 9.50. The number of hydrogen-bond donors (Lipinski definition) is 1. The minimum Gasteiger partial charge on any atom is -0.493 e. The van der Waals surface area contributed by atoms with Crippen molar-refractivity contribution < 1.29 is 19.4 Å². The van der Waals surface area contributed by atoms with E-state index in [0.29, 0.717) is 19.6 Å². The van der Waals surface area contributed by atoms with E-state index in [2.05, 4.69) is 0 Å². The van der Waals surface area contributed by atoms with Crippen LogP contribution < -0.4 is 4.74 Å². The molecule has 0 aliphatic carbocycles. The van der Waals surface area contributed by atoms with Crippen molar-refractivity contribution in [1.82, 2.24) is 4.90 Å². The summed E-state index contributed by atoms with van der Waals surface area (Å²) in [4.78, 5) is 23.7. The van der Waals surface area contributed by atoms with Gasteiger partial charge in [0.15, 0.2) is 0 Å². The summed E-state index contributed by atoms with van der Waals surface area (Å²) in [5.41, 5.74) is 1.04. The number of nitrogens with zero attached hydrogens (tertiary/aromatic N) is 1. The summed E-state index contributed by atoms with van der Waals surface area (Å²) in [5, 5.41) is 8.53. The first-order valence-electron chi connectivity index (χ1n) is 6.65. The van der Waals surface area contributed by atoms with Crippen molar-refractivity contribution >= 4 is 11.9 Å². The molecule has 0 saturated heterocycles. The number of amides is 1. The summed E-state index contributed by atoms with van der Waals surface area (Å²) >= 11 is 0. The maximum absolute atomic E-state index is 11.8. The van der Waals surface area contributed by atoms with E-state index in [1.54, 1.807) is 11.9 Å². The molecule has 0 unspecified atom stereocenters. The molecule has 0 bridgehead atoms. The second-order valence-corrected chi connectivity index (χ2v) is 4.68. The molecule has 0 heterocycles. The van der Waals surface area contributed by atoms with Crippen LogP contribution in [0.4, 0.5) is 0 Å². The maximum atomic E-state index is 11.8. The van der Waals surface area contributed by atoms with Crippen LogP contribution >= 0.6 is 0 Å². The molecule has 1 amide bonds. The van der Waals surface area contributed by atoms with Crippen LogP contribution in [0.5, 0.6) is 5.75 Å². The number of carboxylic acids is 1. The first kappa shape index (κ1) is 16.0. The zero-order valence-electron chi connectivity index (χ0n) is 12.0. The Labute approximate surface area is 119 Å². The topological polar surface area (TPSA) is 66.8 Å².